The lowest BCUT2D eigenvalue weighted by Gasteiger charge is -2.34. The van der Waals surface area contributed by atoms with Crippen LogP contribution in [0.3, 0.4) is 0 Å². The third-order valence-electron chi connectivity index (χ3n) is 12.9. The number of hydrogen-bond acceptors (Lipinski definition) is 10. The lowest BCUT2D eigenvalue weighted by atomic mass is 10.0. The molecule has 70 heavy (non-hydrogen) atoms. The molecule has 3 aromatic carbocycles. The number of benzene rings is 3. The van der Waals surface area contributed by atoms with Gasteiger partial charge in [-0.1, -0.05) is 91.0 Å². The Bertz CT molecular complexity index is 2320. The molecule has 3 aliphatic heterocycles. The van der Waals surface area contributed by atoms with Gasteiger partial charge in [-0.05, 0) is 75.0 Å². The van der Waals surface area contributed by atoms with Crippen LogP contribution in [0.15, 0.2) is 91.0 Å². The third-order valence-corrected chi connectivity index (χ3v) is 12.9. The minimum absolute atomic E-state index is 0.0144. The maximum atomic E-state index is 14.6. The van der Waals surface area contributed by atoms with E-state index in [9.17, 15) is 38.4 Å². The Balaban J connectivity index is 1.36. The molecule has 20 heteroatoms. The van der Waals surface area contributed by atoms with Crippen LogP contribution >= 0.6 is 0 Å². The Morgan fingerprint density at radius 1 is 0.557 bits per heavy atom. The number of nitrogens with zero attached hydrogens (tertiary/aromatic N) is 2. The summed E-state index contributed by atoms with van der Waals surface area (Å²) in [6, 6.07) is 17.7. The lowest BCUT2D eigenvalue weighted by molar-refractivity contribution is -0.148. The van der Waals surface area contributed by atoms with Crippen molar-refractivity contribution >= 4 is 53.2 Å². The van der Waals surface area contributed by atoms with E-state index in [1.807, 2.05) is 36.4 Å². The molecular formula is C50H66N12O8. The van der Waals surface area contributed by atoms with Crippen molar-refractivity contribution < 1.29 is 38.4 Å². The topological polar surface area (TPSA) is 303 Å². The Kier molecular flexibility index (Phi) is 18.8. The molecule has 0 saturated carbocycles. The van der Waals surface area contributed by atoms with E-state index in [0.29, 0.717) is 31.2 Å². The summed E-state index contributed by atoms with van der Waals surface area (Å²) < 4.78 is 0. The van der Waals surface area contributed by atoms with E-state index >= 15 is 0 Å². The van der Waals surface area contributed by atoms with Gasteiger partial charge in [0.05, 0.1) is 0 Å². The normalized spacial score (nSPS) is 25.5. The van der Waals surface area contributed by atoms with Crippen molar-refractivity contribution in [2.24, 2.45) is 11.5 Å². The van der Waals surface area contributed by atoms with Gasteiger partial charge in [-0.15, -0.1) is 0 Å². The summed E-state index contributed by atoms with van der Waals surface area (Å²) in [5.41, 5.74) is 13.8. The van der Waals surface area contributed by atoms with Gasteiger partial charge in [0.1, 0.15) is 48.3 Å². The van der Waals surface area contributed by atoms with Crippen LogP contribution in [0.1, 0.15) is 68.6 Å². The van der Waals surface area contributed by atoms with Crippen LogP contribution in [0.2, 0.25) is 0 Å². The summed E-state index contributed by atoms with van der Waals surface area (Å²) in [5, 5.41) is 26.8. The quantitative estimate of drug-likeness (QED) is 0.0612. The molecule has 0 radical (unpaired) electrons. The molecule has 3 aliphatic rings. The first-order valence-corrected chi connectivity index (χ1v) is 24.0. The summed E-state index contributed by atoms with van der Waals surface area (Å²) in [7, 11) is 0. The van der Waals surface area contributed by atoms with Crippen LogP contribution in [0.25, 0.3) is 0 Å². The summed E-state index contributed by atoms with van der Waals surface area (Å²) in [6.07, 6.45) is 2.30. The average molecular weight is 963 g/mol. The number of guanidine groups is 1. The molecule has 8 amide bonds. The fourth-order valence-corrected chi connectivity index (χ4v) is 9.11. The molecule has 0 bridgehead atoms. The highest BCUT2D eigenvalue weighted by atomic mass is 16.2. The summed E-state index contributed by atoms with van der Waals surface area (Å²) >= 11 is 0. The largest absolute Gasteiger partial charge is 0.370 e. The lowest BCUT2D eigenvalue weighted by Crippen LogP contribution is -2.62. The Morgan fingerprint density at radius 2 is 1.01 bits per heavy atom. The standard InChI is InChI=1S/C50H66N12O8/c1-31-42(63)59-38(29-34-18-9-4-10-19-34)48(69)62-27-13-22-41(62)49(70)61-26-12-21-40(61)47(68)57-35(20-11-25-54-50(52)53)43(64)58-37(28-33-16-7-3-8-17-33)45(66)56-36(24-23-32-14-5-2-6-15-32)44(65)60-39(30-51)46(67)55-31/h2-10,14-19,31,35-41H,11-13,20-30,51H2,1H3,(H,55,67)(H,56,66)(H,57,68)(H,58,64)(H,59,63)(H,60,65)(H4,52,53,54)/t31-,35-,36-,37-,38-,39-,40-,41+/m0/s1. The van der Waals surface area contributed by atoms with Crippen molar-refractivity contribution in [3.8, 4) is 0 Å². The fourth-order valence-electron chi connectivity index (χ4n) is 9.11. The highest BCUT2D eigenvalue weighted by Gasteiger charge is 2.44. The van der Waals surface area contributed by atoms with Crippen LogP contribution in [-0.4, -0.2) is 138 Å². The zero-order chi connectivity index (χ0) is 50.2. The van der Waals surface area contributed by atoms with E-state index in [1.165, 1.54) is 16.7 Å². The van der Waals surface area contributed by atoms with Crippen molar-refractivity contribution in [3.63, 3.8) is 0 Å². The highest BCUT2D eigenvalue weighted by Crippen LogP contribution is 2.26. The van der Waals surface area contributed by atoms with Crippen LogP contribution in [0.5, 0.6) is 0 Å². The van der Waals surface area contributed by atoms with E-state index < -0.39 is 95.6 Å². The third kappa shape index (κ3) is 14.3. The van der Waals surface area contributed by atoms with E-state index in [2.05, 4.69) is 37.2 Å². The summed E-state index contributed by atoms with van der Waals surface area (Å²) in [5.74, 6) is -5.53. The van der Waals surface area contributed by atoms with Gasteiger partial charge in [0.25, 0.3) is 0 Å². The monoisotopic (exact) mass is 963 g/mol. The van der Waals surface area contributed by atoms with Gasteiger partial charge in [-0.2, -0.15) is 0 Å². The summed E-state index contributed by atoms with van der Waals surface area (Å²) in [4.78, 5) is 117. The average Bonchev–Trinajstić information content (AvgIpc) is 4.06. The molecule has 0 aliphatic carbocycles. The number of hydrogen-bond donors (Lipinski definition) is 10. The minimum atomic E-state index is -1.36. The van der Waals surface area contributed by atoms with Gasteiger partial charge < -0.3 is 58.5 Å². The van der Waals surface area contributed by atoms with Crippen LogP contribution < -0.4 is 48.7 Å². The zero-order valence-electron chi connectivity index (χ0n) is 39.5. The van der Waals surface area contributed by atoms with E-state index in [1.54, 1.807) is 54.6 Å². The number of carbonyl (C=O) groups is 8. The molecule has 0 unspecified atom stereocenters. The second-order valence-electron chi connectivity index (χ2n) is 18.0. The number of amides is 8. The van der Waals surface area contributed by atoms with Crippen molar-refractivity contribution in [3.05, 3.63) is 108 Å². The molecule has 3 aromatic rings. The minimum Gasteiger partial charge on any atom is -0.370 e. The number of carbonyl (C=O) groups excluding carboxylic acids is 8. The van der Waals surface area contributed by atoms with Gasteiger partial charge in [-0.25, -0.2) is 0 Å². The molecule has 3 heterocycles. The number of nitrogens with two attached hydrogens (primary N) is 2. The van der Waals surface area contributed by atoms with Gasteiger partial charge >= 0.3 is 0 Å². The molecule has 0 aromatic heterocycles. The second-order valence-corrected chi connectivity index (χ2v) is 18.0. The second kappa shape index (κ2) is 25.3. The predicted octanol–water partition coefficient (Wildman–Crippen LogP) is -0.749. The number of rotatable bonds is 12. The zero-order valence-corrected chi connectivity index (χ0v) is 39.5. The van der Waals surface area contributed by atoms with Gasteiger partial charge in [-0.3, -0.25) is 43.8 Å². The van der Waals surface area contributed by atoms with Crippen molar-refractivity contribution in [1.29, 1.82) is 5.41 Å². The highest BCUT2D eigenvalue weighted by molar-refractivity contribution is 5.99. The Labute approximate surface area is 407 Å². The molecule has 20 nitrogen and oxygen atoms in total. The van der Waals surface area contributed by atoms with Gasteiger partial charge in [0.15, 0.2) is 5.96 Å². The van der Waals surface area contributed by atoms with Crippen molar-refractivity contribution in [1.82, 2.24) is 47.0 Å². The molecule has 3 saturated heterocycles. The van der Waals surface area contributed by atoms with Crippen LogP contribution in [0.4, 0.5) is 0 Å². The maximum Gasteiger partial charge on any atom is 0.246 e. The number of aryl methyl sites for hydroxylation is 1. The van der Waals surface area contributed by atoms with Crippen molar-refractivity contribution in [2.45, 2.75) is 119 Å². The SMILES string of the molecule is C[C@@H]1NC(=O)[C@H](CN)NC(=O)[C@H](CCc2ccccc2)NC(=O)[C@H](Cc2ccccc2)NC(=O)[C@H](CCCNC(=N)N)NC(=O)[C@@H]2CCCN2C(=O)[C@H]2CCCN2C(=O)[C@H](Cc2ccccc2)NC1=O. The molecule has 6 rings (SSSR count). The number of nitrogens with one attached hydrogen (secondary N) is 8. The molecule has 12 N–H and O–H groups in total. The summed E-state index contributed by atoms with van der Waals surface area (Å²) in [6.45, 7) is 1.66. The number of fused-ring (bicyclic) bond motifs is 2. The van der Waals surface area contributed by atoms with Crippen LogP contribution in [0, 0.1) is 5.41 Å². The fraction of sp³-hybridized carbons (Fsp3) is 0.460. The first kappa shape index (κ1) is 52.0. The molecule has 3 fully saturated rings. The van der Waals surface area contributed by atoms with Gasteiger partial charge in [0, 0.05) is 39.0 Å². The molecule has 8 atom stereocenters. The van der Waals surface area contributed by atoms with Crippen LogP contribution in [-0.2, 0) is 57.6 Å². The van der Waals surface area contributed by atoms with E-state index in [0.717, 1.165) is 11.1 Å². The van der Waals surface area contributed by atoms with Crippen molar-refractivity contribution in [2.75, 3.05) is 26.2 Å². The maximum absolute atomic E-state index is 14.6. The Hall–Kier alpha value is -7.35. The smallest absolute Gasteiger partial charge is 0.246 e. The van der Waals surface area contributed by atoms with E-state index in [-0.39, 0.29) is 70.7 Å². The molecule has 0 spiro atoms. The first-order chi connectivity index (χ1) is 33.7. The van der Waals surface area contributed by atoms with Gasteiger partial charge in [0.2, 0.25) is 47.3 Å². The first-order valence-electron chi connectivity index (χ1n) is 24.0. The molecule has 374 valence electrons. The predicted molar refractivity (Wildman–Crippen MR) is 260 cm³/mol. The molecular weight excluding hydrogens is 897 g/mol. The Morgan fingerprint density at radius 3 is 1.60 bits per heavy atom. The van der Waals surface area contributed by atoms with E-state index in [4.69, 9.17) is 16.9 Å².